The van der Waals surface area contributed by atoms with E-state index in [1.54, 1.807) is 52.5 Å². The van der Waals surface area contributed by atoms with Crippen molar-refractivity contribution in [2.45, 2.75) is 40.5 Å². The first-order valence-electron chi connectivity index (χ1n) is 23.1. The van der Waals surface area contributed by atoms with Gasteiger partial charge in [-0.1, -0.05) is 24.3 Å². The second kappa shape index (κ2) is 28.8. The molecule has 0 radical (unpaired) electrons. The van der Waals surface area contributed by atoms with Crippen LogP contribution in [0.2, 0.25) is 0 Å². The average Bonchev–Trinajstić information content (AvgIpc) is 3.37. The molecule has 0 saturated carbocycles. The van der Waals surface area contributed by atoms with E-state index in [4.69, 9.17) is 0 Å². The van der Waals surface area contributed by atoms with Gasteiger partial charge in [0, 0.05) is 86.8 Å². The number of carbonyl (C=O) groups excluding carboxylic acids is 8. The van der Waals surface area contributed by atoms with Crippen LogP contribution in [0.3, 0.4) is 0 Å². The monoisotopic (exact) mass is 1080 g/mol. The molecule has 16 N–H and O–H groups in total. The lowest BCUT2D eigenvalue weighted by atomic mass is 10.1. The number of anilines is 8. The van der Waals surface area contributed by atoms with Crippen molar-refractivity contribution in [2.24, 2.45) is 0 Å². The van der Waals surface area contributed by atoms with Crippen LogP contribution in [0.25, 0.3) is 0 Å². The van der Waals surface area contributed by atoms with Crippen molar-refractivity contribution in [3.63, 3.8) is 0 Å². The number of amides is 4. The quantitative estimate of drug-likeness (QED) is 0.0195. The average molecular weight is 1080 g/mol. The summed E-state index contributed by atoms with van der Waals surface area (Å²) in [5.74, 6) is -3.98. The van der Waals surface area contributed by atoms with Crippen LogP contribution in [-0.4, -0.2) is 116 Å². The summed E-state index contributed by atoms with van der Waals surface area (Å²) < 4.78 is 0. The summed E-state index contributed by atoms with van der Waals surface area (Å²) in [6, 6.07) is 22.4. The van der Waals surface area contributed by atoms with E-state index < -0.39 is 23.6 Å². The Morgan fingerprint density at radius 1 is 0.308 bits per heavy atom. The molecule has 78 heavy (non-hydrogen) atoms. The number of hydrogen-bond acceptors (Lipinski definition) is 20. The van der Waals surface area contributed by atoms with Gasteiger partial charge in [-0.05, 0) is 64.1 Å². The zero-order valence-electron chi connectivity index (χ0n) is 43.5. The molecule has 24 heteroatoms. The molecule has 6 rings (SSSR count). The van der Waals surface area contributed by atoms with Crippen LogP contribution in [0.15, 0.2) is 97.1 Å². The minimum absolute atomic E-state index is 0.0627. The maximum Gasteiger partial charge on any atom is 0.255 e. The Labute approximate surface area is 446 Å². The fourth-order valence-electron chi connectivity index (χ4n) is 6.45. The van der Waals surface area contributed by atoms with Crippen molar-refractivity contribution >= 4 is 92.3 Å². The summed E-state index contributed by atoms with van der Waals surface area (Å²) >= 11 is 0. The smallest absolute Gasteiger partial charge is 0.255 e. The molecule has 412 valence electrons. The van der Waals surface area contributed by atoms with Crippen LogP contribution in [0.1, 0.15) is 82.0 Å². The highest BCUT2D eigenvalue weighted by molar-refractivity contribution is 6.08. The van der Waals surface area contributed by atoms with Gasteiger partial charge in [-0.2, -0.15) is 0 Å². The molecule has 0 heterocycles. The molecule has 6 aromatic rings. The van der Waals surface area contributed by atoms with E-state index in [1.807, 2.05) is 0 Å². The number of benzene rings is 6. The number of carbonyl (C=O) groups is 8. The van der Waals surface area contributed by atoms with Crippen LogP contribution in [0.5, 0.6) is 46.0 Å². The minimum Gasteiger partial charge on any atom is -0.506 e. The summed E-state index contributed by atoms with van der Waals surface area (Å²) in [5, 5.41) is 97.6. The lowest BCUT2D eigenvalue weighted by Gasteiger charge is -2.11. The van der Waals surface area contributed by atoms with Gasteiger partial charge in [0.05, 0.1) is 58.3 Å². The summed E-state index contributed by atoms with van der Waals surface area (Å²) in [4.78, 5) is 90.7. The highest BCUT2D eigenvalue weighted by atomic mass is 16.3. The highest BCUT2D eigenvalue weighted by Crippen LogP contribution is 2.38. The fourth-order valence-corrected chi connectivity index (χ4v) is 6.45. The molecule has 0 aliphatic heterocycles. The number of Topliss-reactive ketones (excluding diaryl/α,β-unsaturated/α-hetero) is 4. The molecule has 0 aliphatic carbocycles. The van der Waals surface area contributed by atoms with Crippen molar-refractivity contribution in [3.05, 3.63) is 119 Å². The second-order valence-electron chi connectivity index (χ2n) is 16.6. The molecular formula is C54H60N8O16. The van der Waals surface area contributed by atoms with Crippen LogP contribution >= 0.6 is 0 Å². The number of ketones is 4. The van der Waals surface area contributed by atoms with Crippen LogP contribution < -0.4 is 42.5 Å². The van der Waals surface area contributed by atoms with E-state index >= 15 is 0 Å². The molecule has 6 aromatic carbocycles. The van der Waals surface area contributed by atoms with Gasteiger partial charge < -0.3 is 83.4 Å². The Kier molecular flexibility index (Phi) is 22.8. The Morgan fingerprint density at radius 2 is 0.526 bits per heavy atom. The Balaban J connectivity index is 0.000000276. The maximum absolute atomic E-state index is 12.1. The second-order valence-corrected chi connectivity index (χ2v) is 16.6. The molecule has 0 aromatic heterocycles. The molecule has 0 fully saturated rings. The molecule has 0 aliphatic rings. The van der Waals surface area contributed by atoms with E-state index in [2.05, 4.69) is 42.5 Å². The molecule has 0 bridgehead atoms. The lowest BCUT2D eigenvalue weighted by molar-refractivity contribution is -0.125. The topological polar surface area (TPSA) is 395 Å². The molecule has 24 nitrogen and oxygen atoms in total. The van der Waals surface area contributed by atoms with Gasteiger partial charge in [0.1, 0.15) is 57.6 Å². The first-order valence-corrected chi connectivity index (χ1v) is 23.1. The number of phenolic OH excluding ortho intramolecular Hbond substituents is 8. The fraction of sp³-hybridized carbons (Fsp3) is 0.185. The number of phenols is 8. The van der Waals surface area contributed by atoms with E-state index in [1.165, 1.54) is 88.4 Å². The van der Waals surface area contributed by atoms with E-state index in [9.17, 15) is 79.2 Å². The molecule has 0 atom stereocenters. The Bertz CT molecular complexity index is 3200. The maximum atomic E-state index is 12.1. The van der Waals surface area contributed by atoms with Crippen LogP contribution in [0, 0.1) is 0 Å². The molecule has 0 spiro atoms. The predicted molar refractivity (Wildman–Crippen MR) is 294 cm³/mol. The highest BCUT2D eigenvalue weighted by Gasteiger charge is 2.17. The third-order valence-electron chi connectivity index (χ3n) is 10.5. The number of aromatic hydroxyl groups is 8. The van der Waals surface area contributed by atoms with Crippen molar-refractivity contribution < 1.29 is 79.2 Å². The molecule has 0 saturated heterocycles. The minimum atomic E-state index is -0.538. The van der Waals surface area contributed by atoms with Crippen LogP contribution in [-0.2, 0) is 19.2 Å². The molecule has 0 unspecified atom stereocenters. The third-order valence-corrected chi connectivity index (χ3v) is 10.5. The standard InChI is InChI=1S/2C16H16N2O4.2C11H14N2O4/c1-9(19)10-3-5-11(6-4-10)16(22)18-13-8-14(20)12(17-2)7-15(13)21;1-9(19)10-3-5-11(6-4-10)16(22)18-13-7-12(17-2)14(20)8-15(13)21;1-6(14)3-11(17)13-8-5-9(15)7(12-2)4-10(8)16;1-6(14)3-11(17)13-8-4-7(12-2)9(15)5-10(8)16/h2*3-8,17,20-21H,1-2H3,(H,18,22);2*4-5,12,15-16H,3H2,1-2H3,(H,13,17). The first kappa shape index (κ1) is 61.8. The predicted octanol–water partition coefficient (Wildman–Crippen LogP) is 7.30. The van der Waals surface area contributed by atoms with Gasteiger partial charge in [-0.15, -0.1) is 0 Å². The van der Waals surface area contributed by atoms with Crippen molar-refractivity contribution in [3.8, 4) is 46.0 Å². The van der Waals surface area contributed by atoms with Gasteiger partial charge in [-0.3, -0.25) is 38.4 Å². The van der Waals surface area contributed by atoms with E-state index in [-0.39, 0.29) is 105 Å². The summed E-state index contributed by atoms with van der Waals surface area (Å²) in [6.45, 7) is 5.48. The Hall–Kier alpha value is -10.5. The lowest BCUT2D eigenvalue weighted by Crippen LogP contribution is -2.14. The van der Waals surface area contributed by atoms with Gasteiger partial charge in [0.2, 0.25) is 11.8 Å². The van der Waals surface area contributed by atoms with Crippen LogP contribution in [0.4, 0.5) is 45.5 Å². The first-order chi connectivity index (χ1) is 36.7. The van der Waals surface area contributed by atoms with Gasteiger partial charge in [0.15, 0.2) is 11.6 Å². The zero-order chi connectivity index (χ0) is 58.6. The number of rotatable bonds is 16. The third kappa shape index (κ3) is 18.4. The summed E-state index contributed by atoms with van der Waals surface area (Å²) in [5.41, 5.74) is 3.60. The largest absolute Gasteiger partial charge is 0.506 e. The zero-order valence-corrected chi connectivity index (χ0v) is 43.5. The number of nitrogens with one attached hydrogen (secondary N) is 8. The van der Waals surface area contributed by atoms with Gasteiger partial charge in [0.25, 0.3) is 11.8 Å². The van der Waals surface area contributed by atoms with Crippen molar-refractivity contribution in [1.82, 2.24) is 0 Å². The summed E-state index contributed by atoms with van der Waals surface area (Å²) in [6.07, 6.45) is -0.525. The summed E-state index contributed by atoms with van der Waals surface area (Å²) in [7, 11) is 6.39. The molecular weight excluding hydrogens is 1020 g/mol. The van der Waals surface area contributed by atoms with E-state index in [0.717, 1.165) is 12.1 Å². The Morgan fingerprint density at radius 3 is 0.821 bits per heavy atom. The normalized spacial score (nSPS) is 9.95. The van der Waals surface area contributed by atoms with Crippen molar-refractivity contribution in [2.75, 3.05) is 70.7 Å². The molecule has 4 amide bonds. The van der Waals surface area contributed by atoms with Crippen molar-refractivity contribution in [1.29, 1.82) is 0 Å². The van der Waals surface area contributed by atoms with E-state index in [0.29, 0.717) is 45.0 Å². The number of hydrogen-bond donors (Lipinski definition) is 16. The van der Waals surface area contributed by atoms with Gasteiger partial charge >= 0.3 is 0 Å². The van der Waals surface area contributed by atoms with Gasteiger partial charge in [-0.25, -0.2) is 0 Å². The SMILES string of the molecule is CNc1cc(NC(=O)CC(C)=O)c(O)cc1O.CNc1cc(NC(=O)c2ccc(C(C)=O)cc2)c(O)cc1O.CNc1cc(O)c(NC(=O)CC(C)=O)cc1O.CNc1cc(O)c(NC(=O)c2ccc(C(C)=O)cc2)cc1O.